The number of benzene rings is 1. The molecule has 0 saturated carbocycles. The zero-order valence-corrected chi connectivity index (χ0v) is 11.9. The molecule has 2 aromatic rings. The second-order valence-electron chi connectivity index (χ2n) is 6.09. The summed E-state index contributed by atoms with van der Waals surface area (Å²) in [6, 6.07) is 7.31. The largest absolute Gasteiger partial charge is 0.359 e. The summed E-state index contributed by atoms with van der Waals surface area (Å²) in [6.45, 7) is 7.87. The van der Waals surface area contributed by atoms with E-state index in [4.69, 9.17) is 5.73 Å². The highest BCUT2D eigenvalue weighted by Gasteiger charge is 2.27. The SMILES string of the molecule is Cc1cc2cc(NC(=O)[C@@H](N)C(C)(C)C)ccc2[nH]1. The van der Waals surface area contributed by atoms with Gasteiger partial charge in [0.15, 0.2) is 0 Å². The van der Waals surface area contributed by atoms with Crippen molar-refractivity contribution in [1.29, 1.82) is 0 Å². The number of carbonyl (C=O) groups excluding carboxylic acids is 1. The van der Waals surface area contributed by atoms with E-state index < -0.39 is 6.04 Å². The summed E-state index contributed by atoms with van der Waals surface area (Å²) in [6.07, 6.45) is 0. The number of H-pyrrole nitrogens is 1. The maximum Gasteiger partial charge on any atom is 0.241 e. The molecule has 0 fully saturated rings. The van der Waals surface area contributed by atoms with Crippen LogP contribution in [0.5, 0.6) is 0 Å². The molecule has 0 aliphatic rings. The molecule has 4 nitrogen and oxygen atoms in total. The molecule has 0 unspecified atom stereocenters. The van der Waals surface area contributed by atoms with Crippen molar-refractivity contribution >= 4 is 22.5 Å². The third-order valence-electron chi connectivity index (χ3n) is 3.24. The van der Waals surface area contributed by atoms with Crippen LogP contribution in [-0.2, 0) is 4.79 Å². The highest BCUT2D eigenvalue weighted by Crippen LogP contribution is 2.22. The molecular formula is C15H21N3O. The number of rotatable bonds is 2. The lowest BCUT2D eigenvalue weighted by atomic mass is 9.87. The molecule has 2 rings (SSSR count). The van der Waals surface area contributed by atoms with E-state index in [1.807, 2.05) is 45.9 Å². The smallest absolute Gasteiger partial charge is 0.241 e. The van der Waals surface area contributed by atoms with Gasteiger partial charge in [0, 0.05) is 22.3 Å². The standard InChI is InChI=1S/C15H21N3O/c1-9-7-10-8-11(5-6-12(10)17-9)18-14(19)13(16)15(2,3)4/h5-8,13,17H,16H2,1-4H3,(H,18,19)/t13-/m1/s1. The van der Waals surface area contributed by atoms with E-state index in [2.05, 4.69) is 16.4 Å². The van der Waals surface area contributed by atoms with Crippen molar-refractivity contribution < 1.29 is 4.79 Å². The van der Waals surface area contributed by atoms with Crippen molar-refractivity contribution in [3.8, 4) is 0 Å². The first-order chi connectivity index (χ1) is 8.77. The van der Waals surface area contributed by atoms with Gasteiger partial charge in [0.2, 0.25) is 5.91 Å². The molecule has 1 atom stereocenters. The van der Waals surface area contributed by atoms with E-state index in [-0.39, 0.29) is 11.3 Å². The number of nitrogens with two attached hydrogens (primary N) is 1. The van der Waals surface area contributed by atoms with Gasteiger partial charge in [0.05, 0.1) is 6.04 Å². The molecule has 102 valence electrons. The third kappa shape index (κ3) is 2.96. The average Bonchev–Trinajstić information content (AvgIpc) is 2.66. The summed E-state index contributed by atoms with van der Waals surface area (Å²) in [5, 5.41) is 3.95. The molecule has 1 aromatic heterocycles. The van der Waals surface area contributed by atoms with Crippen LogP contribution >= 0.6 is 0 Å². The highest BCUT2D eigenvalue weighted by molar-refractivity contribution is 5.97. The van der Waals surface area contributed by atoms with Gasteiger partial charge in [0.25, 0.3) is 0 Å². The lowest BCUT2D eigenvalue weighted by Crippen LogP contribution is -2.45. The lowest BCUT2D eigenvalue weighted by Gasteiger charge is -2.25. The number of aromatic nitrogens is 1. The van der Waals surface area contributed by atoms with E-state index in [0.29, 0.717) is 0 Å². The zero-order chi connectivity index (χ0) is 14.2. The molecule has 0 aliphatic carbocycles. The molecule has 0 aliphatic heterocycles. The third-order valence-corrected chi connectivity index (χ3v) is 3.24. The Hall–Kier alpha value is -1.81. The van der Waals surface area contributed by atoms with Gasteiger partial charge in [0.1, 0.15) is 0 Å². The van der Waals surface area contributed by atoms with Crippen LogP contribution in [-0.4, -0.2) is 16.9 Å². The summed E-state index contributed by atoms with van der Waals surface area (Å²) >= 11 is 0. The molecule has 1 amide bonds. The van der Waals surface area contributed by atoms with Gasteiger partial charge in [-0.15, -0.1) is 0 Å². The summed E-state index contributed by atoms with van der Waals surface area (Å²) in [7, 11) is 0. The number of fused-ring (bicyclic) bond motifs is 1. The van der Waals surface area contributed by atoms with E-state index in [1.54, 1.807) is 0 Å². The van der Waals surface area contributed by atoms with Gasteiger partial charge in [-0.1, -0.05) is 20.8 Å². The molecule has 4 N–H and O–H groups in total. The van der Waals surface area contributed by atoms with Gasteiger partial charge < -0.3 is 16.0 Å². The summed E-state index contributed by atoms with van der Waals surface area (Å²) < 4.78 is 0. The lowest BCUT2D eigenvalue weighted by molar-refractivity contribution is -0.119. The Balaban J connectivity index is 2.19. The Labute approximate surface area is 113 Å². The Bertz CT molecular complexity index is 607. The molecule has 19 heavy (non-hydrogen) atoms. The van der Waals surface area contributed by atoms with Crippen LogP contribution in [0.1, 0.15) is 26.5 Å². The molecule has 0 spiro atoms. The molecule has 1 aromatic carbocycles. The fraction of sp³-hybridized carbons (Fsp3) is 0.400. The van der Waals surface area contributed by atoms with Gasteiger partial charge in [-0.3, -0.25) is 4.79 Å². The summed E-state index contributed by atoms with van der Waals surface area (Å²) in [5.41, 5.74) is 8.63. The number of aryl methyl sites for hydroxylation is 1. The van der Waals surface area contributed by atoms with Crippen molar-refractivity contribution in [3.05, 3.63) is 30.0 Å². The monoisotopic (exact) mass is 259 g/mol. The molecule has 0 bridgehead atoms. The Morgan fingerprint density at radius 1 is 1.32 bits per heavy atom. The minimum Gasteiger partial charge on any atom is -0.359 e. The molecular weight excluding hydrogens is 238 g/mol. The van der Waals surface area contributed by atoms with Crippen LogP contribution < -0.4 is 11.1 Å². The van der Waals surface area contributed by atoms with Crippen LogP contribution in [0.4, 0.5) is 5.69 Å². The van der Waals surface area contributed by atoms with E-state index in [0.717, 1.165) is 22.3 Å². The van der Waals surface area contributed by atoms with Gasteiger partial charge in [-0.05, 0) is 36.6 Å². The second kappa shape index (κ2) is 4.70. The van der Waals surface area contributed by atoms with Crippen LogP contribution in [0.25, 0.3) is 10.9 Å². The molecule has 1 heterocycles. The first-order valence-corrected chi connectivity index (χ1v) is 6.43. The minimum absolute atomic E-state index is 0.154. The summed E-state index contributed by atoms with van der Waals surface area (Å²) in [4.78, 5) is 15.3. The number of amides is 1. The quantitative estimate of drug-likeness (QED) is 0.776. The van der Waals surface area contributed by atoms with E-state index >= 15 is 0 Å². The first kappa shape index (κ1) is 13.6. The van der Waals surface area contributed by atoms with Gasteiger partial charge >= 0.3 is 0 Å². The molecule has 0 radical (unpaired) electrons. The van der Waals surface area contributed by atoms with Crippen LogP contribution in [0, 0.1) is 12.3 Å². The Morgan fingerprint density at radius 2 is 2.00 bits per heavy atom. The fourth-order valence-electron chi connectivity index (χ4n) is 1.97. The van der Waals surface area contributed by atoms with Crippen molar-refractivity contribution in [2.45, 2.75) is 33.7 Å². The number of hydrogen-bond donors (Lipinski definition) is 3. The van der Waals surface area contributed by atoms with Crippen molar-refractivity contribution in [2.24, 2.45) is 11.1 Å². The minimum atomic E-state index is -0.531. The first-order valence-electron chi connectivity index (χ1n) is 6.43. The maximum atomic E-state index is 12.1. The molecule has 0 saturated heterocycles. The van der Waals surface area contributed by atoms with Crippen LogP contribution in [0.3, 0.4) is 0 Å². The Kier molecular flexibility index (Phi) is 3.37. The van der Waals surface area contributed by atoms with E-state index in [9.17, 15) is 4.79 Å². The van der Waals surface area contributed by atoms with Crippen molar-refractivity contribution in [2.75, 3.05) is 5.32 Å². The maximum absolute atomic E-state index is 12.1. The van der Waals surface area contributed by atoms with Crippen molar-refractivity contribution in [3.63, 3.8) is 0 Å². The summed E-state index contributed by atoms with van der Waals surface area (Å²) in [5.74, 6) is -0.154. The highest BCUT2D eigenvalue weighted by atomic mass is 16.2. The number of hydrogen-bond acceptors (Lipinski definition) is 2. The second-order valence-corrected chi connectivity index (χ2v) is 6.09. The number of aromatic amines is 1. The van der Waals surface area contributed by atoms with Gasteiger partial charge in [-0.2, -0.15) is 0 Å². The van der Waals surface area contributed by atoms with Crippen LogP contribution in [0.15, 0.2) is 24.3 Å². The zero-order valence-electron chi connectivity index (χ0n) is 11.9. The number of nitrogens with one attached hydrogen (secondary N) is 2. The van der Waals surface area contributed by atoms with E-state index in [1.165, 1.54) is 0 Å². The number of carbonyl (C=O) groups is 1. The Morgan fingerprint density at radius 3 is 2.63 bits per heavy atom. The predicted molar refractivity (Wildman–Crippen MR) is 79.1 cm³/mol. The molecule has 4 heteroatoms. The average molecular weight is 259 g/mol. The fourth-order valence-corrected chi connectivity index (χ4v) is 1.97. The number of anilines is 1. The topological polar surface area (TPSA) is 70.9 Å². The normalized spacial score (nSPS) is 13.5. The van der Waals surface area contributed by atoms with Crippen molar-refractivity contribution in [1.82, 2.24) is 4.98 Å². The predicted octanol–water partition coefficient (Wildman–Crippen LogP) is 2.79. The van der Waals surface area contributed by atoms with Crippen LogP contribution in [0.2, 0.25) is 0 Å². The van der Waals surface area contributed by atoms with Gasteiger partial charge in [-0.25, -0.2) is 0 Å².